The first-order valence-corrected chi connectivity index (χ1v) is 7.61. The average molecular weight is 255 g/mol. The molecule has 0 saturated carbocycles. The summed E-state index contributed by atoms with van der Waals surface area (Å²) in [6.45, 7) is 1.63. The molecule has 1 N–H and O–H groups in total. The summed E-state index contributed by atoms with van der Waals surface area (Å²) < 4.78 is 28.4. The molecule has 4 nitrogen and oxygen atoms in total. The van der Waals surface area contributed by atoms with Gasteiger partial charge in [0.15, 0.2) is 9.84 Å². The lowest BCUT2D eigenvalue weighted by Gasteiger charge is -2.12. The van der Waals surface area contributed by atoms with Gasteiger partial charge in [-0.1, -0.05) is 6.07 Å². The Hall–Kier alpha value is -1.07. The van der Waals surface area contributed by atoms with Crippen LogP contribution in [0.1, 0.15) is 12.8 Å². The molecule has 0 amide bonds. The third-order valence-electron chi connectivity index (χ3n) is 2.85. The molecule has 17 heavy (non-hydrogen) atoms. The molecule has 1 aromatic carbocycles. The highest BCUT2D eigenvalue weighted by atomic mass is 32.2. The van der Waals surface area contributed by atoms with Crippen molar-refractivity contribution in [2.75, 3.05) is 19.4 Å². The van der Waals surface area contributed by atoms with Crippen molar-refractivity contribution in [2.45, 2.75) is 23.8 Å². The number of ether oxygens (including phenoxy) is 1. The van der Waals surface area contributed by atoms with E-state index < -0.39 is 9.84 Å². The van der Waals surface area contributed by atoms with Gasteiger partial charge in [-0.2, -0.15) is 0 Å². The highest BCUT2D eigenvalue weighted by molar-refractivity contribution is 7.90. The van der Waals surface area contributed by atoms with Crippen LogP contribution in [0.4, 0.5) is 0 Å². The molecule has 94 valence electrons. The maximum atomic E-state index is 11.4. The molecule has 0 unspecified atom stereocenters. The Labute approximate surface area is 102 Å². The van der Waals surface area contributed by atoms with Crippen LogP contribution in [-0.4, -0.2) is 33.9 Å². The van der Waals surface area contributed by atoms with E-state index in [2.05, 4.69) is 5.32 Å². The topological polar surface area (TPSA) is 55.4 Å². The smallest absolute Gasteiger partial charge is 0.175 e. The standard InChI is InChI=1S/C12H17NO3S/c1-17(14,15)12-6-2-5-11(8-12)16-9-10-4-3-7-13-10/h2,5-6,8,10,13H,3-4,7,9H2,1H3/t10-/m0/s1. The van der Waals surface area contributed by atoms with Crippen LogP contribution < -0.4 is 10.1 Å². The fourth-order valence-corrected chi connectivity index (χ4v) is 2.55. The predicted molar refractivity (Wildman–Crippen MR) is 66.1 cm³/mol. The predicted octanol–water partition coefficient (Wildman–Crippen LogP) is 1.22. The molecule has 1 heterocycles. The van der Waals surface area contributed by atoms with Crippen LogP contribution in [-0.2, 0) is 9.84 Å². The van der Waals surface area contributed by atoms with Crippen molar-refractivity contribution in [3.8, 4) is 5.75 Å². The Morgan fingerprint density at radius 3 is 2.94 bits per heavy atom. The summed E-state index contributed by atoms with van der Waals surface area (Å²) in [6.07, 6.45) is 3.49. The maximum Gasteiger partial charge on any atom is 0.175 e. The van der Waals surface area contributed by atoms with Crippen molar-refractivity contribution in [1.29, 1.82) is 0 Å². The van der Waals surface area contributed by atoms with E-state index in [4.69, 9.17) is 4.74 Å². The molecule has 1 atom stereocenters. The zero-order chi connectivity index (χ0) is 12.3. The van der Waals surface area contributed by atoms with Crippen LogP contribution >= 0.6 is 0 Å². The zero-order valence-corrected chi connectivity index (χ0v) is 10.7. The quantitative estimate of drug-likeness (QED) is 0.879. The fourth-order valence-electron chi connectivity index (χ4n) is 1.89. The lowest BCUT2D eigenvalue weighted by Crippen LogP contribution is -2.28. The van der Waals surface area contributed by atoms with Gasteiger partial charge in [-0.3, -0.25) is 0 Å². The van der Waals surface area contributed by atoms with Gasteiger partial charge in [-0.15, -0.1) is 0 Å². The van der Waals surface area contributed by atoms with Gasteiger partial charge in [-0.25, -0.2) is 8.42 Å². The van der Waals surface area contributed by atoms with Gasteiger partial charge >= 0.3 is 0 Å². The van der Waals surface area contributed by atoms with Crippen molar-refractivity contribution in [3.63, 3.8) is 0 Å². The van der Waals surface area contributed by atoms with Crippen LogP contribution in [0.5, 0.6) is 5.75 Å². The van der Waals surface area contributed by atoms with Crippen molar-refractivity contribution in [2.24, 2.45) is 0 Å². The third kappa shape index (κ3) is 3.44. The summed E-state index contributed by atoms with van der Waals surface area (Å²) in [5.74, 6) is 0.613. The SMILES string of the molecule is CS(=O)(=O)c1cccc(OC[C@@H]2CCCN2)c1. The van der Waals surface area contributed by atoms with Gasteiger partial charge in [0, 0.05) is 12.3 Å². The van der Waals surface area contributed by atoms with Gasteiger partial charge in [0.05, 0.1) is 4.90 Å². The van der Waals surface area contributed by atoms with Gasteiger partial charge in [0.2, 0.25) is 0 Å². The Bertz CT molecular complexity index is 478. The van der Waals surface area contributed by atoms with Crippen molar-refractivity contribution >= 4 is 9.84 Å². The van der Waals surface area contributed by atoms with E-state index in [1.54, 1.807) is 24.3 Å². The molecule has 2 rings (SSSR count). The molecule has 1 aromatic rings. The molecule has 5 heteroatoms. The highest BCUT2D eigenvalue weighted by Crippen LogP contribution is 2.18. The van der Waals surface area contributed by atoms with Crippen molar-refractivity contribution in [3.05, 3.63) is 24.3 Å². The lowest BCUT2D eigenvalue weighted by molar-refractivity contribution is 0.276. The summed E-state index contributed by atoms with van der Waals surface area (Å²) in [6, 6.07) is 7.02. The van der Waals surface area contributed by atoms with E-state index >= 15 is 0 Å². The van der Waals surface area contributed by atoms with Crippen LogP contribution in [0.2, 0.25) is 0 Å². The van der Waals surface area contributed by atoms with E-state index in [0.717, 1.165) is 13.0 Å². The van der Waals surface area contributed by atoms with Crippen molar-refractivity contribution in [1.82, 2.24) is 5.32 Å². The molecule has 1 saturated heterocycles. The molecular formula is C12H17NO3S. The zero-order valence-electron chi connectivity index (χ0n) is 9.85. The van der Waals surface area contributed by atoms with Crippen LogP contribution in [0, 0.1) is 0 Å². The normalized spacial score (nSPS) is 20.4. The molecule has 0 bridgehead atoms. The van der Waals surface area contributed by atoms with Gasteiger partial charge < -0.3 is 10.1 Å². The first-order chi connectivity index (χ1) is 8.05. The van der Waals surface area contributed by atoms with E-state index in [-0.39, 0.29) is 0 Å². The van der Waals surface area contributed by atoms with Gasteiger partial charge in [0.25, 0.3) is 0 Å². The number of hydrogen-bond donors (Lipinski definition) is 1. The molecule has 0 radical (unpaired) electrons. The molecule has 0 spiro atoms. The van der Waals surface area contributed by atoms with E-state index in [0.29, 0.717) is 23.3 Å². The molecule has 1 aliphatic rings. The molecule has 0 aromatic heterocycles. The number of rotatable bonds is 4. The first kappa shape index (κ1) is 12.4. The van der Waals surface area contributed by atoms with Crippen LogP contribution in [0.15, 0.2) is 29.2 Å². The maximum absolute atomic E-state index is 11.4. The Kier molecular flexibility index (Phi) is 3.69. The molecule has 1 fully saturated rings. The van der Waals surface area contributed by atoms with Crippen molar-refractivity contribution < 1.29 is 13.2 Å². The Morgan fingerprint density at radius 1 is 1.47 bits per heavy atom. The number of benzene rings is 1. The van der Waals surface area contributed by atoms with Crippen LogP contribution in [0.3, 0.4) is 0 Å². The molecule has 0 aliphatic carbocycles. The number of sulfone groups is 1. The van der Waals surface area contributed by atoms with Crippen LogP contribution in [0.25, 0.3) is 0 Å². The van der Waals surface area contributed by atoms with E-state index in [1.165, 1.54) is 12.7 Å². The summed E-state index contributed by atoms with van der Waals surface area (Å²) in [5.41, 5.74) is 0. The molecule has 1 aliphatic heterocycles. The minimum absolute atomic E-state index is 0.300. The summed E-state index contributed by atoms with van der Waals surface area (Å²) in [4.78, 5) is 0.300. The minimum Gasteiger partial charge on any atom is -0.492 e. The number of hydrogen-bond acceptors (Lipinski definition) is 4. The summed E-state index contributed by atoms with van der Waals surface area (Å²) >= 11 is 0. The van der Waals surface area contributed by atoms with E-state index in [9.17, 15) is 8.42 Å². The largest absolute Gasteiger partial charge is 0.492 e. The van der Waals surface area contributed by atoms with E-state index in [1.807, 2.05) is 0 Å². The highest BCUT2D eigenvalue weighted by Gasteiger charge is 2.15. The van der Waals surface area contributed by atoms with Gasteiger partial charge in [0.1, 0.15) is 12.4 Å². The lowest BCUT2D eigenvalue weighted by atomic mass is 10.2. The monoisotopic (exact) mass is 255 g/mol. The number of nitrogens with one attached hydrogen (secondary N) is 1. The van der Waals surface area contributed by atoms with Gasteiger partial charge in [-0.05, 0) is 37.6 Å². The average Bonchev–Trinajstić information content (AvgIpc) is 2.78. The third-order valence-corrected chi connectivity index (χ3v) is 3.96. The second kappa shape index (κ2) is 5.06. The summed E-state index contributed by atoms with van der Waals surface area (Å²) in [7, 11) is -3.16. The minimum atomic E-state index is -3.16. The first-order valence-electron chi connectivity index (χ1n) is 5.72. The summed E-state index contributed by atoms with van der Waals surface area (Å²) in [5, 5.41) is 3.33. The Morgan fingerprint density at radius 2 is 2.29 bits per heavy atom. The fraction of sp³-hybridized carbons (Fsp3) is 0.500. The second-order valence-corrected chi connectivity index (χ2v) is 6.37. The second-order valence-electron chi connectivity index (χ2n) is 4.35. The molecular weight excluding hydrogens is 238 g/mol. The Balaban J connectivity index is 2.01.